The summed E-state index contributed by atoms with van der Waals surface area (Å²) in [5, 5.41) is 2.60. The van der Waals surface area contributed by atoms with Crippen LogP contribution in [0.5, 0.6) is 0 Å². The van der Waals surface area contributed by atoms with Crippen molar-refractivity contribution in [1.29, 1.82) is 0 Å². The van der Waals surface area contributed by atoms with Crippen LogP contribution in [0.2, 0.25) is 0 Å². The molecular formula is C30H36Br2N4S3. The van der Waals surface area contributed by atoms with Crippen LogP contribution in [0.15, 0.2) is 19.7 Å². The zero-order valence-electron chi connectivity index (χ0n) is 23.1. The first-order valence-corrected chi connectivity index (χ1v) is 18.4. The summed E-state index contributed by atoms with van der Waals surface area (Å²) in [4.78, 5) is 0. The van der Waals surface area contributed by atoms with Crippen LogP contribution in [-0.4, -0.2) is 17.9 Å². The molecule has 0 spiro atoms. The molecule has 0 aliphatic carbocycles. The lowest BCUT2D eigenvalue weighted by atomic mass is 9.99. The van der Waals surface area contributed by atoms with Gasteiger partial charge in [-0.25, -0.2) is 0 Å². The van der Waals surface area contributed by atoms with Crippen molar-refractivity contribution in [3.63, 3.8) is 0 Å². The van der Waals surface area contributed by atoms with Crippen LogP contribution in [0.4, 0.5) is 0 Å². The largest absolute Gasteiger partial charge is 0.338 e. The Kier molecular flexibility index (Phi) is 8.45. The first-order valence-electron chi connectivity index (χ1n) is 14.5. The van der Waals surface area contributed by atoms with E-state index in [1.807, 2.05) is 22.7 Å². The van der Waals surface area contributed by atoms with E-state index in [1.165, 1.54) is 113 Å². The molecule has 4 nitrogen and oxygen atoms in total. The van der Waals surface area contributed by atoms with Crippen molar-refractivity contribution in [2.75, 3.05) is 0 Å². The molecule has 1 aromatic carbocycles. The van der Waals surface area contributed by atoms with Crippen molar-refractivity contribution in [3.8, 4) is 0 Å². The van der Waals surface area contributed by atoms with Gasteiger partial charge in [-0.1, -0.05) is 66.2 Å². The molecule has 0 saturated carbocycles. The second kappa shape index (κ2) is 11.7. The lowest BCUT2D eigenvalue weighted by Crippen LogP contribution is -2.12. The van der Waals surface area contributed by atoms with Gasteiger partial charge >= 0.3 is 0 Å². The molecule has 0 aliphatic heterocycles. The monoisotopic (exact) mass is 706 g/mol. The van der Waals surface area contributed by atoms with Crippen LogP contribution in [0.3, 0.4) is 0 Å². The maximum atomic E-state index is 4.95. The lowest BCUT2D eigenvalue weighted by molar-refractivity contribution is 0.398. The van der Waals surface area contributed by atoms with Gasteiger partial charge in [0, 0.05) is 23.9 Å². The average molecular weight is 709 g/mol. The number of hydrogen-bond donors (Lipinski definition) is 0. The fourth-order valence-electron chi connectivity index (χ4n) is 6.37. The number of fused-ring (bicyclic) bond motifs is 10. The average Bonchev–Trinajstić information content (AvgIpc) is 3.72. The molecule has 5 heterocycles. The second-order valence-corrected chi connectivity index (χ2v) is 16.4. The van der Waals surface area contributed by atoms with Crippen molar-refractivity contribution in [1.82, 2.24) is 17.9 Å². The Morgan fingerprint density at radius 3 is 1.54 bits per heavy atom. The van der Waals surface area contributed by atoms with Crippen molar-refractivity contribution in [3.05, 3.63) is 19.7 Å². The molecule has 208 valence electrons. The van der Waals surface area contributed by atoms with E-state index in [1.54, 1.807) is 0 Å². The number of nitrogens with zero attached hydrogens (tertiary/aromatic N) is 4. The molecule has 0 aliphatic rings. The van der Waals surface area contributed by atoms with E-state index in [4.69, 9.17) is 8.75 Å². The minimum atomic E-state index is 0.661. The lowest BCUT2D eigenvalue weighted by Gasteiger charge is -2.20. The van der Waals surface area contributed by atoms with E-state index in [0.717, 1.165) is 24.1 Å². The van der Waals surface area contributed by atoms with Gasteiger partial charge < -0.3 is 9.13 Å². The Balaban J connectivity index is 1.73. The summed E-state index contributed by atoms with van der Waals surface area (Å²) in [6, 6.07) is 4.68. The number of halogens is 2. The summed E-state index contributed by atoms with van der Waals surface area (Å²) >= 11 is 12.7. The van der Waals surface area contributed by atoms with Gasteiger partial charge in [-0.2, -0.15) is 8.75 Å². The topological polar surface area (TPSA) is 35.6 Å². The van der Waals surface area contributed by atoms with Gasteiger partial charge in [-0.05, 0) is 68.7 Å². The Labute approximate surface area is 259 Å². The summed E-state index contributed by atoms with van der Waals surface area (Å²) in [6.45, 7) is 11.4. The molecule has 0 amide bonds. The first-order chi connectivity index (χ1) is 19.0. The highest BCUT2D eigenvalue weighted by Gasteiger charge is 2.28. The van der Waals surface area contributed by atoms with Gasteiger partial charge in [0.15, 0.2) is 0 Å². The molecule has 0 fully saturated rings. The minimum absolute atomic E-state index is 0.661. The van der Waals surface area contributed by atoms with E-state index in [9.17, 15) is 0 Å². The van der Waals surface area contributed by atoms with Crippen LogP contribution in [0.25, 0.3) is 53.3 Å². The highest BCUT2D eigenvalue weighted by Crippen LogP contribution is 2.49. The predicted molar refractivity (Wildman–Crippen MR) is 181 cm³/mol. The molecule has 6 rings (SSSR count). The van der Waals surface area contributed by atoms with E-state index < -0.39 is 0 Å². The third-order valence-corrected chi connectivity index (χ3v) is 12.4. The van der Waals surface area contributed by atoms with E-state index in [0.29, 0.717) is 11.8 Å². The summed E-state index contributed by atoms with van der Waals surface area (Å²) in [5.74, 6) is 1.32. The summed E-state index contributed by atoms with van der Waals surface area (Å²) < 4.78 is 20.3. The molecular weight excluding hydrogens is 672 g/mol. The fraction of sp³-hybridized carbons (Fsp3) is 0.533. The Morgan fingerprint density at radius 2 is 1.15 bits per heavy atom. The van der Waals surface area contributed by atoms with Gasteiger partial charge in [0.2, 0.25) is 0 Å². The van der Waals surface area contributed by atoms with Crippen molar-refractivity contribution >= 4 is 120 Å². The molecule has 2 atom stereocenters. The van der Waals surface area contributed by atoms with Crippen molar-refractivity contribution in [2.45, 2.75) is 92.2 Å². The van der Waals surface area contributed by atoms with Gasteiger partial charge in [0.25, 0.3) is 0 Å². The maximum absolute atomic E-state index is 4.95. The Hall–Kier alpha value is -1.00. The second-order valence-electron chi connectivity index (χ2n) is 11.0. The Bertz CT molecular complexity index is 1640. The van der Waals surface area contributed by atoms with Crippen LogP contribution in [0.1, 0.15) is 79.1 Å². The van der Waals surface area contributed by atoms with Gasteiger partial charge in [-0.3, -0.25) is 0 Å². The van der Waals surface area contributed by atoms with Gasteiger partial charge in [0.1, 0.15) is 11.0 Å². The zero-order chi connectivity index (χ0) is 27.3. The summed E-state index contributed by atoms with van der Waals surface area (Å²) in [5.41, 5.74) is 7.58. The maximum Gasteiger partial charge on any atom is 0.116 e. The summed E-state index contributed by atoms with van der Waals surface area (Å²) in [6.07, 6.45) is 10.0. The zero-order valence-corrected chi connectivity index (χ0v) is 28.8. The summed E-state index contributed by atoms with van der Waals surface area (Å²) in [7, 11) is 0. The smallest absolute Gasteiger partial charge is 0.116 e. The van der Waals surface area contributed by atoms with Crippen molar-refractivity contribution < 1.29 is 0 Å². The predicted octanol–water partition coefficient (Wildman–Crippen LogP) is 12.0. The van der Waals surface area contributed by atoms with Crippen LogP contribution >= 0.6 is 66.3 Å². The molecule has 0 radical (unpaired) electrons. The SMILES string of the molecule is CCCCC(CC)Cn1c2cc(Br)sc2c2c3nsnc3c3c4sc(Br)cc4n(CC(CC)CCCC)c3c21. The third-order valence-electron chi connectivity index (χ3n) is 8.57. The number of rotatable bonds is 12. The van der Waals surface area contributed by atoms with E-state index in [2.05, 4.69) is 80.8 Å². The van der Waals surface area contributed by atoms with Gasteiger partial charge in [0.05, 0.1) is 50.8 Å². The van der Waals surface area contributed by atoms with E-state index in [-0.39, 0.29) is 0 Å². The fourth-order valence-corrected chi connectivity index (χ4v) is 10.2. The highest BCUT2D eigenvalue weighted by atomic mass is 79.9. The Morgan fingerprint density at radius 1 is 0.718 bits per heavy atom. The van der Waals surface area contributed by atoms with Crippen molar-refractivity contribution in [2.24, 2.45) is 11.8 Å². The van der Waals surface area contributed by atoms with Crippen LogP contribution in [0, 0.1) is 11.8 Å². The number of hydrogen-bond acceptors (Lipinski definition) is 5. The number of thiophene rings is 2. The third kappa shape index (κ3) is 4.82. The van der Waals surface area contributed by atoms with Crippen LogP contribution in [-0.2, 0) is 13.1 Å². The molecule has 0 bridgehead atoms. The standard InChI is InChI=1S/C30H36Br2N4S3/c1-5-9-11-17(7-3)15-35-19-13-21(31)37-29(19)23-25-26(34-39-33-25)24-28(27(23)35)36(16-18(8-4)12-10-6-2)20-14-22(32)38-30(20)24/h13-14,17-18H,5-12,15-16H2,1-4H3. The molecule has 9 heteroatoms. The molecule has 5 aromatic heterocycles. The molecule has 2 unspecified atom stereocenters. The normalized spacial score (nSPS) is 14.2. The molecule has 0 saturated heterocycles. The van der Waals surface area contributed by atoms with E-state index >= 15 is 0 Å². The minimum Gasteiger partial charge on any atom is -0.338 e. The number of unbranched alkanes of at least 4 members (excludes halogenated alkanes) is 2. The quantitative estimate of drug-likeness (QED) is 0.127. The molecule has 0 N–H and O–H groups in total. The number of benzene rings is 1. The molecule has 6 aromatic rings. The number of aromatic nitrogens is 4. The van der Waals surface area contributed by atoms with Gasteiger partial charge in [-0.15, -0.1) is 22.7 Å². The van der Waals surface area contributed by atoms with Crippen LogP contribution < -0.4 is 0 Å². The molecule has 39 heavy (non-hydrogen) atoms. The highest BCUT2D eigenvalue weighted by molar-refractivity contribution is 9.11. The first kappa shape index (κ1) is 28.1.